The van der Waals surface area contributed by atoms with E-state index in [0.717, 1.165) is 60.7 Å². The van der Waals surface area contributed by atoms with Crippen LogP contribution in [0.3, 0.4) is 0 Å². The first-order valence-electron chi connectivity index (χ1n) is 12.5. The Labute approximate surface area is 200 Å². The number of halogens is 1. The summed E-state index contributed by atoms with van der Waals surface area (Å²) < 4.78 is 2.14. The number of hydrogen-bond donors (Lipinski definition) is 3. The maximum atomic E-state index is 13.5. The lowest BCUT2D eigenvalue weighted by atomic mass is 9.54. The molecule has 6 nitrogen and oxygen atoms in total. The molecule has 4 bridgehead atoms. The van der Waals surface area contributed by atoms with Crippen LogP contribution in [0.2, 0.25) is 5.02 Å². The van der Waals surface area contributed by atoms with E-state index in [1.54, 1.807) is 5.48 Å². The Bertz CT molecular complexity index is 1010. The minimum Gasteiger partial charge on any atom is -0.347 e. The van der Waals surface area contributed by atoms with Gasteiger partial charge < -0.3 is 9.88 Å². The molecule has 1 aromatic carbocycles. The topological polar surface area (TPSA) is 83.4 Å². The number of unbranched alkanes of at least 4 members (excludes halogenated alkanes) is 3. The number of aromatic nitrogens is 1. The van der Waals surface area contributed by atoms with Crippen molar-refractivity contribution in [3.05, 3.63) is 35.0 Å². The zero-order chi connectivity index (χ0) is 22.9. The zero-order valence-corrected chi connectivity index (χ0v) is 19.8. The lowest BCUT2D eigenvalue weighted by Crippen LogP contribution is -2.56. The Balaban J connectivity index is 1.27. The number of nitrogens with zero attached hydrogens (tertiary/aromatic N) is 1. The largest absolute Gasteiger partial charge is 0.347 e. The van der Waals surface area contributed by atoms with Gasteiger partial charge in [-0.3, -0.25) is 14.8 Å². The van der Waals surface area contributed by atoms with E-state index in [2.05, 4.69) is 9.88 Å². The summed E-state index contributed by atoms with van der Waals surface area (Å²) in [5.74, 6) is 2.77. The number of carbonyl (C=O) groups is 2. The molecule has 4 aliphatic carbocycles. The molecule has 2 amide bonds. The van der Waals surface area contributed by atoms with Gasteiger partial charge in [0.05, 0.1) is 0 Å². The second-order valence-electron chi connectivity index (χ2n) is 10.5. The van der Waals surface area contributed by atoms with Crippen molar-refractivity contribution in [1.82, 2.24) is 15.4 Å². The van der Waals surface area contributed by atoms with E-state index >= 15 is 0 Å². The lowest BCUT2D eigenvalue weighted by Gasteiger charge is -2.54. The fraction of sp³-hybridized carbons (Fsp3) is 0.615. The zero-order valence-electron chi connectivity index (χ0n) is 19.1. The molecule has 1 heterocycles. The average molecular weight is 472 g/mol. The van der Waals surface area contributed by atoms with E-state index < -0.39 is 0 Å². The monoisotopic (exact) mass is 471 g/mol. The second kappa shape index (κ2) is 9.67. The molecular formula is C26H34ClN3O3. The summed E-state index contributed by atoms with van der Waals surface area (Å²) in [5.41, 5.74) is 3.44. The van der Waals surface area contributed by atoms with Crippen LogP contribution >= 0.6 is 11.6 Å². The Morgan fingerprint density at radius 1 is 0.970 bits per heavy atom. The number of aryl methyl sites for hydroxylation is 1. The first kappa shape index (κ1) is 22.7. The van der Waals surface area contributed by atoms with Gasteiger partial charge in [-0.2, -0.15) is 0 Å². The van der Waals surface area contributed by atoms with Crippen molar-refractivity contribution in [1.29, 1.82) is 0 Å². The van der Waals surface area contributed by atoms with Crippen LogP contribution in [-0.4, -0.2) is 27.6 Å². The third kappa shape index (κ3) is 4.78. The molecular weight excluding hydrogens is 438 g/mol. The highest BCUT2D eigenvalue weighted by Gasteiger charge is 2.48. The van der Waals surface area contributed by atoms with Crippen molar-refractivity contribution in [2.75, 3.05) is 0 Å². The van der Waals surface area contributed by atoms with E-state index in [4.69, 9.17) is 16.8 Å². The number of amides is 2. The number of rotatable bonds is 9. The smallest absolute Gasteiger partial charge is 0.268 e. The number of hydrogen-bond acceptors (Lipinski definition) is 3. The van der Waals surface area contributed by atoms with Crippen LogP contribution in [0.5, 0.6) is 0 Å². The minimum absolute atomic E-state index is 0.0411. The highest BCUT2D eigenvalue weighted by atomic mass is 35.5. The van der Waals surface area contributed by atoms with Crippen LogP contribution < -0.4 is 10.8 Å². The average Bonchev–Trinajstić information content (AvgIpc) is 3.15. The summed E-state index contributed by atoms with van der Waals surface area (Å²) in [5, 5.41) is 13.7. The molecule has 0 saturated heterocycles. The maximum absolute atomic E-state index is 13.5. The molecule has 4 aliphatic rings. The summed E-state index contributed by atoms with van der Waals surface area (Å²) in [4.78, 5) is 24.7. The Morgan fingerprint density at radius 3 is 2.36 bits per heavy atom. The third-order valence-corrected chi connectivity index (χ3v) is 8.52. The molecule has 0 unspecified atom stereocenters. The van der Waals surface area contributed by atoms with Gasteiger partial charge >= 0.3 is 0 Å². The fourth-order valence-electron chi connectivity index (χ4n) is 7.02. The molecule has 1 aromatic heterocycles. The van der Waals surface area contributed by atoms with E-state index in [1.807, 2.05) is 24.3 Å². The van der Waals surface area contributed by atoms with Crippen LogP contribution in [0.1, 0.15) is 74.7 Å². The van der Waals surface area contributed by atoms with Crippen molar-refractivity contribution in [2.45, 2.75) is 76.8 Å². The highest BCUT2D eigenvalue weighted by Crippen LogP contribution is 2.53. The van der Waals surface area contributed by atoms with Gasteiger partial charge in [-0.25, -0.2) is 5.48 Å². The van der Waals surface area contributed by atoms with E-state index in [9.17, 15) is 9.59 Å². The number of carbonyl (C=O) groups excluding carboxylic acids is 2. The van der Waals surface area contributed by atoms with Crippen molar-refractivity contribution in [2.24, 2.45) is 23.7 Å². The predicted molar refractivity (Wildman–Crippen MR) is 128 cm³/mol. The highest BCUT2D eigenvalue weighted by molar-refractivity contribution is 6.31. The van der Waals surface area contributed by atoms with Gasteiger partial charge in [0, 0.05) is 34.9 Å². The minimum atomic E-state index is -0.341. The molecule has 2 aromatic rings. The van der Waals surface area contributed by atoms with Gasteiger partial charge in [0.1, 0.15) is 5.69 Å². The van der Waals surface area contributed by atoms with Gasteiger partial charge in [-0.1, -0.05) is 24.4 Å². The fourth-order valence-corrected chi connectivity index (χ4v) is 7.20. The molecule has 178 valence electrons. The number of benzene rings is 1. The van der Waals surface area contributed by atoms with Gasteiger partial charge in [0.15, 0.2) is 0 Å². The van der Waals surface area contributed by atoms with Crippen LogP contribution in [0.15, 0.2) is 24.3 Å². The number of fused-ring (bicyclic) bond motifs is 1. The molecule has 0 atom stereocenters. The SMILES string of the molecule is O=C(CCCCCCn1c(C(=O)NC2C3CC4CC(C3)CC2C4)cc2cc(Cl)ccc21)NO. The summed E-state index contributed by atoms with van der Waals surface area (Å²) in [6.07, 6.45) is 10.4. The van der Waals surface area contributed by atoms with Crippen LogP contribution in [0.4, 0.5) is 0 Å². The summed E-state index contributed by atoms with van der Waals surface area (Å²) >= 11 is 6.24. The molecule has 7 heteroatoms. The van der Waals surface area contributed by atoms with E-state index in [-0.39, 0.29) is 11.8 Å². The summed E-state index contributed by atoms with van der Waals surface area (Å²) in [6, 6.07) is 8.12. The van der Waals surface area contributed by atoms with Crippen LogP contribution in [0.25, 0.3) is 10.9 Å². The molecule has 33 heavy (non-hydrogen) atoms. The number of nitrogens with one attached hydrogen (secondary N) is 2. The lowest BCUT2D eigenvalue weighted by molar-refractivity contribution is -0.129. The Kier molecular flexibility index (Phi) is 6.66. The first-order chi connectivity index (χ1) is 16.0. The predicted octanol–water partition coefficient (Wildman–Crippen LogP) is 5.31. The van der Waals surface area contributed by atoms with Crippen molar-refractivity contribution in [3.63, 3.8) is 0 Å². The van der Waals surface area contributed by atoms with Crippen LogP contribution in [0, 0.1) is 23.7 Å². The Morgan fingerprint density at radius 2 is 1.67 bits per heavy atom. The first-order valence-corrected chi connectivity index (χ1v) is 12.9. The van der Waals surface area contributed by atoms with Gasteiger partial charge in [-0.15, -0.1) is 0 Å². The molecule has 0 spiro atoms. The van der Waals surface area contributed by atoms with Gasteiger partial charge in [0.25, 0.3) is 5.91 Å². The normalized spacial score (nSPS) is 27.8. The number of hydroxylamine groups is 1. The van der Waals surface area contributed by atoms with Crippen molar-refractivity contribution >= 4 is 34.3 Å². The molecule has 0 radical (unpaired) electrons. The Hall–Kier alpha value is -2.05. The third-order valence-electron chi connectivity index (χ3n) is 8.28. The maximum Gasteiger partial charge on any atom is 0.268 e. The molecule has 4 saturated carbocycles. The summed E-state index contributed by atoms with van der Waals surface area (Å²) in [7, 11) is 0. The molecule has 0 aliphatic heterocycles. The van der Waals surface area contributed by atoms with Crippen LogP contribution in [-0.2, 0) is 11.3 Å². The van der Waals surface area contributed by atoms with Gasteiger partial charge in [0.2, 0.25) is 5.91 Å². The second-order valence-corrected chi connectivity index (χ2v) is 10.9. The molecule has 4 fully saturated rings. The van der Waals surface area contributed by atoms with E-state index in [1.165, 1.54) is 32.1 Å². The quantitative estimate of drug-likeness (QED) is 0.263. The standard InChI is InChI=1S/C26H34ClN3O3/c27-21-6-7-22-18(14-21)15-23(30(22)8-4-2-1-3-5-24(31)29-33)26(32)28-25-19-10-16-9-17(12-19)13-20(25)11-16/h6-7,14-17,19-20,25,33H,1-5,8-13H2,(H,28,32)(H,29,31). The summed E-state index contributed by atoms with van der Waals surface area (Å²) in [6.45, 7) is 0.752. The molecule has 6 rings (SSSR count). The molecule has 3 N–H and O–H groups in total. The van der Waals surface area contributed by atoms with Crippen molar-refractivity contribution < 1.29 is 14.8 Å². The van der Waals surface area contributed by atoms with E-state index in [0.29, 0.717) is 29.3 Å². The van der Waals surface area contributed by atoms with Gasteiger partial charge in [-0.05, 0) is 92.9 Å². The van der Waals surface area contributed by atoms with Crippen molar-refractivity contribution in [3.8, 4) is 0 Å².